The summed E-state index contributed by atoms with van der Waals surface area (Å²) in [6.45, 7) is 10.5. The predicted octanol–water partition coefficient (Wildman–Crippen LogP) is 4.93. The molecule has 1 aromatic carbocycles. The molecule has 5 nitrogen and oxygen atoms in total. The molecule has 0 aliphatic carbocycles. The minimum Gasteiger partial charge on any atom is -0.350 e. The molecule has 0 aliphatic heterocycles. The summed E-state index contributed by atoms with van der Waals surface area (Å²) in [6, 6.07) is 10.8. The highest BCUT2D eigenvalue weighted by atomic mass is 17.2. The van der Waals surface area contributed by atoms with Crippen LogP contribution >= 0.6 is 0 Å². The van der Waals surface area contributed by atoms with Gasteiger partial charge in [0.05, 0.1) is 24.7 Å². The van der Waals surface area contributed by atoms with Crippen molar-refractivity contribution in [2.24, 2.45) is 5.41 Å². The van der Waals surface area contributed by atoms with Gasteiger partial charge in [0, 0.05) is 6.54 Å². The molecule has 0 fully saturated rings. The number of carbonyl (C=O) groups is 1. The summed E-state index contributed by atoms with van der Waals surface area (Å²) < 4.78 is 0. The van der Waals surface area contributed by atoms with Gasteiger partial charge in [0.15, 0.2) is 0 Å². The molecule has 0 saturated carbocycles. The molecule has 2 atom stereocenters. The second kappa shape index (κ2) is 14.0. The highest BCUT2D eigenvalue weighted by Gasteiger charge is 2.27. The van der Waals surface area contributed by atoms with Gasteiger partial charge < -0.3 is 5.32 Å². The Morgan fingerprint density at radius 2 is 1.89 bits per heavy atom. The third kappa shape index (κ3) is 10.5. The van der Waals surface area contributed by atoms with E-state index in [9.17, 15) is 10.1 Å². The Labute approximate surface area is 165 Å². The van der Waals surface area contributed by atoms with Crippen molar-refractivity contribution in [2.45, 2.75) is 54.4 Å². The molecule has 152 valence electrons. The zero-order valence-corrected chi connectivity index (χ0v) is 15.4. The number of nitrogens with zero attached hydrogens (tertiary/aromatic N) is 1. The minimum atomic E-state index is -0.481. The van der Waals surface area contributed by atoms with Crippen LogP contribution in [-0.4, -0.2) is 25.7 Å². The molecule has 27 heavy (non-hydrogen) atoms. The molecule has 1 rings (SSSR count). The molecule has 0 heterocycles. The van der Waals surface area contributed by atoms with Crippen LogP contribution in [0, 0.1) is 23.7 Å². The zero-order valence-electron chi connectivity index (χ0n) is 15.4. The van der Waals surface area contributed by atoms with Crippen molar-refractivity contribution >= 4 is 5.91 Å². The maximum absolute atomic E-state index is 10.9. The van der Waals surface area contributed by atoms with Crippen molar-refractivity contribution in [1.29, 1.82) is 5.26 Å². The Bertz CT molecular complexity index is 593. The quantitative estimate of drug-likeness (QED) is 0.257. The number of carbonyl (C=O) groups excluding carboxylic acids is 1. The monoisotopic (exact) mass is 376 g/mol. The lowest BCUT2D eigenvalue weighted by atomic mass is 9.78. The van der Waals surface area contributed by atoms with Crippen LogP contribution in [0.25, 0.3) is 0 Å². The number of benzene rings is 1. The van der Waals surface area contributed by atoms with Gasteiger partial charge in [0.25, 0.3) is 0 Å². The SMILES string of the molecule is C.C.C=CC(=O)NCCOOCCC(C)(C#N)CC(C)c1ccc(C)cc1. The number of amides is 1. The fourth-order valence-corrected chi connectivity index (χ4v) is 2.57. The zero-order chi connectivity index (χ0) is 18.7. The topological polar surface area (TPSA) is 71.3 Å². The number of hydrogen-bond acceptors (Lipinski definition) is 4. The van der Waals surface area contributed by atoms with E-state index in [-0.39, 0.29) is 27.4 Å². The van der Waals surface area contributed by atoms with Crippen LogP contribution < -0.4 is 5.32 Å². The predicted molar refractivity (Wildman–Crippen MR) is 111 cm³/mol. The van der Waals surface area contributed by atoms with Gasteiger partial charge in [-0.25, -0.2) is 9.78 Å². The van der Waals surface area contributed by atoms with Crippen molar-refractivity contribution in [2.75, 3.05) is 19.8 Å². The maximum Gasteiger partial charge on any atom is 0.243 e. The third-order valence-electron chi connectivity index (χ3n) is 4.16. The first kappa shape index (κ1) is 27.1. The van der Waals surface area contributed by atoms with Crippen molar-refractivity contribution < 1.29 is 14.6 Å². The van der Waals surface area contributed by atoms with Crippen LogP contribution in [0.5, 0.6) is 0 Å². The van der Waals surface area contributed by atoms with Crippen molar-refractivity contribution in [3.8, 4) is 6.07 Å². The van der Waals surface area contributed by atoms with Crippen LogP contribution in [0.2, 0.25) is 0 Å². The highest BCUT2D eigenvalue weighted by Crippen LogP contribution is 2.34. The number of rotatable bonds is 11. The molecule has 0 bridgehead atoms. The van der Waals surface area contributed by atoms with Crippen molar-refractivity contribution in [1.82, 2.24) is 5.32 Å². The van der Waals surface area contributed by atoms with Crippen LogP contribution in [-0.2, 0) is 14.6 Å². The van der Waals surface area contributed by atoms with Gasteiger partial charge in [-0.2, -0.15) is 5.26 Å². The molecule has 1 aromatic rings. The minimum absolute atomic E-state index is 0. The Kier molecular flexibility index (Phi) is 14.0. The largest absolute Gasteiger partial charge is 0.350 e. The fourth-order valence-electron chi connectivity index (χ4n) is 2.57. The Hall–Kier alpha value is -2.16. The molecule has 1 N–H and O–H groups in total. The van der Waals surface area contributed by atoms with Crippen molar-refractivity contribution in [3.05, 3.63) is 48.0 Å². The van der Waals surface area contributed by atoms with Crippen LogP contribution in [0.1, 0.15) is 58.6 Å². The van der Waals surface area contributed by atoms with Crippen LogP contribution in [0.4, 0.5) is 0 Å². The number of nitriles is 1. The Morgan fingerprint density at radius 1 is 1.30 bits per heavy atom. The second-order valence-corrected chi connectivity index (χ2v) is 6.58. The van der Waals surface area contributed by atoms with Crippen molar-refractivity contribution in [3.63, 3.8) is 0 Å². The smallest absolute Gasteiger partial charge is 0.243 e. The molecular weight excluding hydrogens is 340 g/mol. The fraction of sp³-hybridized carbons (Fsp3) is 0.545. The lowest BCUT2D eigenvalue weighted by Gasteiger charge is -2.25. The maximum atomic E-state index is 10.9. The number of hydrogen-bond donors (Lipinski definition) is 1. The molecule has 5 heteroatoms. The molecule has 1 amide bonds. The van der Waals surface area contributed by atoms with Gasteiger partial charge in [-0.15, -0.1) is 0 Å². The summed E-state index contributed by atoms with van der Waals surface area (Å²) in [5, 5.41) is 12.1. The van der Waals surface area contributed by atoms with E-state index in [2.05, 4.69) is 56.1 Å². The Morgan fingerprint density at radius 3 is 2.44 bits per heavy atom. The van der Waals surface area contributed by atoms with Gasteiger partial charge in [-0.1, -0.05) is 58.2 Å². The standard InChI is InChI=1S/C20H28N2O3.2CH4/c1-5-19(23)22-11-13-25-24-12-10-20(4,15-21)14-17(3)18-8-6-16(2)7-9-18;;/h5-9,17H,1,10-14H2,2-4H3,(H,22,23);2*1H4. The summed E-state index contributed by atoms with van der Waals surface area (Å²) in [4.78, 5) is 21.1. The molecule has 2 unspecified atom stereocenters. The first-order valence-electron chi connectivity index (χ1n) is 8.52. The van der Waals surface area contributed by atoms with E-state index in [0.717, 1.165) is 6.42 Å². The molecular formula is C22H36N2O3. The third-order valence-corrected chi connectivity index (χ3v) is 4.16. The summed E-state index contributed by atoms with van der Waals surface area (Å²) in [6.07, 6.45) is 2.54. The van der Waals surface area contributed by atoms with Gasteiger partial charge in [0.1, 0.15) is 0 Å². The molecule has 0 radical (unpaired) electrons. The summed E-state index contributed by atoms with van der Waals surface area (Å²) in [5.41, 5.74) is 1.99. The number of nitrogens with one attached hydrogen (secondary N) is 1. The van der Waals surface area contributed by atoms with Gasteiger partial charge in [0.2, 0.25) is 5.91 Å². The van der Waals surface area contributed by atoms with E-state index in [1.807, 2.05) is 6.92 Å². The Balaban J connectivity index is 0. The number of aryl methyl sites for hydroxylation is 1. The lowest BCUT2D eigenvalue weighted by molar-refractivity contribution is -0.295. The second-order valence-electron chi connectivity index (χ2n) is 6.58. The van der Waals surface area contributed by atoms with Gasteiger partial charge >= 0.3 is 0 Å². The van der Waals surface area contributed by atoms with E-state index in [0.29, 0.717) is 25.5 Å². The van der Waals surface area contributed by atoms with Crippen LogP contribution in [0.15, 0.2) is 36.9 Å². The molecule has 0 aliphatic rings. The first-order chi connectivity index (χ1) is 11.9. The van der Waals surface area contributed by atoms with E-state index >= 15 is 0 Å². The van der Waals surface area contributed by atoms with E-state index in [1.54, 1.807) is 0 Å². The van der Waals surface area contributed by atoms with E-state index in [4.69, 9.17) is 9.78 Å². The highest BCUT2D eigenvalue weighted by molar-refractivity contribution is 5.86. The normalized spacial score (nSPS) is 13.1. The van der Waals surface area contributed by atoms with Gasteiger partial charge in [-0.3, -0.25) is 4.79 Å². The molecule has 0 spiro atoms. The summed E-state index contributed by atoms with van der Waals surface area (Å²) >= 11 is 0. The van der Waals surface area contributed by atoms with E-state index in [1.165, 1.54) is 17.2 Å². The average molecular weight is 377 g/mol. The lowest BCUT2D eigenvalue weighted by Crippen LogP contribution is -2.25. The van der Waals surface area contributed by atoms with Gasteiger partial charge in [-0.05, 0) is 44.2 Å². The van der Waals surface area contributed by atoms with E-state index < -0.39 is 5.41 Å². The molecule has 0 aromatic heterocycles. The first-order valence-corrected chi connectivity index (χ1v) is 8.52. The summed E-state index contributed by atoms with van der Waals surface area (Å²) in [5.74, 6) is 0.0473. The average Bonchev–Trinajstić information content (AvgIpc) is 2.61. The molecule has 0 saturated heterocycles. The summed E-state index contributed by atoms with van der Waals surface area (Å²) in [7, 11) is 0. The van der Waals surface area contributed by atoms with Crippen LogP contribution in [0.3, 0.4) is 0 Å².